The molecule has 7 heteroatoms. The zero-order valence-electron chi connectivity index (χ0n) is 15.4. The van der Waals surface area contributed by atoms with Crippen LogP contribution in [0, 0.1) is 5.92 Å². The van der Waals surface area contributed by atoms with Gasteiger partial charge in [-0.15, -0.1) is 6.58 Å². The second-order valence-electron chi connectivity index (χ2n) is 7.42. The third kappa shape index (κ3) is 3.12. The number of carbonyl (C=O) groups is 2. The summed E-state index contributed by atoms with van der Waals surface area (Å²) < 4.78 is 10.8. The number of carbonyl (C=O) groups excluding carboxylic acids is 2. The molecule has 142 valence electrons. The van der Waals surface area contributed by atoms with E-state index in [1.165, 1.54) is 18.9 Å². The van der Waals surface area contributed by atoms with Gasteiger partial charge in [-0.05, 0) is 19.8 Å². The minimum absolute atomic E-state index is 0.0600. The van der Waals surface area contributed by atoms with Crippen LogP contribution in [-0.2, 0) is 19.1 Å². The number of nitrogens with zero attached hydrogens (tertiary/aromatic N) is 1. The zero-order chi connectivity index (χ0) is 19.0. The minimum atomic E-state index is -1.59. The second kappa shape index (κ2) is 7.15. The summed E-state index contributed by atoms with van der Waals surface area (Å²) in [4.78, 5) is 27.2. The normalized spacial score (nSPS) is 36.9. The molecular formula is C18H28INO5. The Morgan fingerprint density at radius 3 is 2.80 bits per heavy atom. The number of halogens is 1. The smallest absolute Gasteiger partial charge is 0.337 e. The minimum Gasteiger partial charge on any atom is -0.467 e. The molecular weight excluding hydrogens is 437 g/mol. The number of amides is 1. The first-order chi connectivity index (χ1) is 11.6. The highest BCUT2D eigenvalue weighted by Gasteiger charge is 2.74. The number of hydrogen-bond donors (Lipinski definition) is 1. The lowest BCUT2D eigenvalue weighted by Gasteiger charge is -2.38. The van der Waals surface area contributed by atoms with Crippen molar-refractivity contribution < 1.29 is 24.2 Å². The molecule has 0 aromatic heterocycles. The molecule has 1 amide bonds. The number of ether oxygens (including phenoxy) is 2. The summed E-state index contributed by atoms with van der Waals surface area (Å²) in [7, 11) is 1.27. The van der Waals surface area contributed by atoms with Gasteiger partial charge in [0.1, 0.15) is 11.8 Å². The summed E-state index contributed by atoms with van der Waals surface area (Å²) in [6, 6.07) is 0. The zero-order valence-corrected chi connectivity index (χ0v) is 17.5. The van der Waals surface area contributed by atoms with Gasteiger partial charge in [0.25, 0.3) is 0 Å². The summed E-state index contributed by atoms with van der Waals surface area (Å²) in [5.41, 5.74) is -3.09. The van der Waals surface area contributed by atoms with Gasteiger partial charge in [0, 0.05) is 9.84 Å². The summed E-state index contributed by atoms with van der Waals surface area (Å²) in [6.07, 6.45) is 3.90. The molecule has 0 spiro atoms. The van der Waals surface area contributed by atoms with Gasteiger partial charge in [0.05, 0.1) is 19.6 Å². The molecule has 2 aliphatic heterocycles. The fourth-order valence-electron chi connectivity index (χ4n) is 4.19. The summed E-state index contributed by atoms with van der Waals surface area (Å²) in [5.74, 6) is -1.64. The Morgan fingerprint density at radius 2 is 2.28 bits per heavy atom. The van der Waals surface area contributed by atoms with Crippen molar-refractivity contribution >= 4 is 34.5 Å². The van der Waals surface area contributed by atoms with Crippen LogP contribution in [0.4, 0.5) is 0 Å². The number of aliphatic hydroxyl groups is 1. The van der Waals surface area contributed by atoms with Crippen molar-refractivity contribution in [1.82, 2.24) is 4.90 Å². The number of alkyl halides is 1. The lowest BCUT2D eigenvalue weighted by molar-refractivity contribution is -0.166. The molecule has 0 radical (unpaired) electrons. The molecule has 5 atom stereocenters. The average molecular weight is 465 g/mol. The Hall–Kier alpha value is -0.670. The monoisotopic (exact) mass is 465 g/mol. The molecule has 3 unspecified atom stereocenters. The Balaban J connectivity index is 2.45. The molecule has 2 saturated heterocycles. The van der Waals surface area contributed by atoms with Crippen LogP contribution in [0.15, 0.2) is 12.7 Å². The van der Waals surface area contributed by atoms with Crippen molar-refractivity contribution in [2.75, 3.05) is 13.7 Å². The maximum Gasteiger partial charge on any atom is 0.337 e. The van der Waals surface area contributed by atoms with Crippen molar-refractivity contribution in [3.63, 3.8) is 0 Å². The van der Waals surface area contributed by atoms with Gasteiger partial charge in [0.15, 0.2) is 5.54 Å². The Kier molecular flexibility index (Phi) is 5.90. The Labute approximate surface area is 163 Å². The van der Waals surface area contributed by atoms with Crippen LogP contribution >= 0.6 is 22.6 Å². The highest BCUT2D eigenvalue weighted by molar-refractivity contribution is 14.1. The van der Waals surface area contributed by atoms with Crippen molar-refractivity contribution in [2.24, 2.45) is 5.92 Å². The van der Waals surface area contributed by atoms with Crippen LogP contribution in [0.1, 0.15) is 46.5 Å². The lowest BCUT2D eigenvalue weighted by Crippen LogP contribution is -2.63. The van der Waals surface area contributed by atoms with Gasteiger partial charge in [-0.25, -0.2) is 4.79 Å². The van der Waals surface area contributed by atoms with Gasteiger partial charge in [-0.1, -0.05) is 48.9 Å². The van der Waals surface area contributed by atoms with Gasteiger partial charge in [-0.3, -0.25) is 9.69 Å². The van der Waals surface area contributed by atoms with Gasteiger partial charge >= 0.3 is 5.97 Å². The van der Waals surface area contributed by atoms with E-state index < -0.39 is 29.3 Å². The molecule has 2 fully saturated rings. The molecule has 0 aromatic rings. The highest BCUT2D eigenvalue weighted by Crippen LogP contribution is 2.51. The van der Waals surface area contributed by atoms with Crippen molar-refractivity contribution in [2.45, 2.75) is 67.2 Å². The molecule has 0 aromatic carbocycles. The average Bonchev–Trinajstić information content (AvgIpc) is 2.97. The third-order valence-corrected chi connectivity index (χ3v) is 6.51. The molecule has 6 nitrogen and oxygen atoms in total. The van der Waals surface area contributed by atoms with Crippen LogP contribution in [0.2, 0.25) is 0 Å². The molecule has 2 heterocycles. The van der Waals surface area contributed by atoms with Gasteiger partial charge in [0.2, 0.25) is 5.91 Å². The molecule has 0 saturated carbocycles. The summed E-state index contributed by atoms with van der Waals surface area (Å²) in [5, 5.41) is 11.2. The van der Waals surface area contributed by atoms with Crippen LogP contribution in [0.25, 0.3) is 0 Å². The highest BCUT2D eigenvalue weighted by atomic mass is 127. The number of allylic oxidation sites excluding steroid dienone is 1. The fourth-order valence-corrected chi connectivity index (χ4v) is 5.11. The van der Waals surface area contributed by atoms with E-state index in [0.717, 1.165) is 12.8 Å². The Morgan fingerprint density at radius 1 is 1.64 bits per heavy atom. The van der Waals surface area contributed by atoms with Gasteiger partial charge in [-0.2, -0.15) is 0 Å². The topological polar surface area (TPSA) is 76.1 Å². The van der Waals surface area contributed by atoms with E-state index in [2.05, 4.69) is 43.0 Å². The number of fused-ring (bicyclic) bond motifs is 1. The first kappa shape index (κ1) is 20.6. The largest absolute Gasteiger partial charge is 0.467 e. The number of methoxy groups -OCH3 is 1. The molecule has 1 N–H and O–H groups in total. The third-order valence-electron chi connectivity index (χ3n) is 5.53. The van der Waals surface area contributed by atoms with E-state index >= 15 is 0 Å². The van der Waals surface area contributed by atoms with E-state index in [1.807, 2.05) is 0 Å². The lowest BCUT2D eigenvalue weighted by atomic mass is 9.75. The maximum atomic E-state index is 13.1. The van der Waals surface area contributed by atoms with E-state index in [1.54, 1.807) is 6.08 Å². The first-order valence-corrected chi connectivity index (χ1v) is 9.72. The van der Waals surface area contributed by atoms with E-state index in [9.17, 15) is 14.7 Å². The SMILES string of the molecule is C=CCC1C(=O)N2C(C[C@@](C)(I)CCC)OC[C@@]2(C(=O)OC)C1(C)O. The molecule has 25 heavy (non-hydrogen) atoms. The predicted octanol–water partition coefficient (Wildman–Crippen LogP) is 2.42. The number of esters is 1. The molecule has 2 aliphatic rings. The van der Waals surface area contributed by atoms with Crippen molar-refractivity contribution in [3.05, 3.63) is 12.7 Å². The molecule has 0 bridgehead atoms. The fraction of sp³-hybridized carbons (Fsp3) is 0.778. The maximum absolute atomic E-state index is 13.1. The van der Waals surface area contributed by atoms with E-state index in [-0.39, 0.29) is 15.9 Å². The van der Waals surface area contributed by atoms with Crippen LogP contribution in [0.5, 0.6) is 0 Å². The van der Waals surface area contributed by atoms with Crippen LogP contribution in [-0.4, -0.2) is 56.4 Å². The number of rotatable bonds is 7. The standard InChI is InChI=1S/C18H28INO5/c1-6-8-12-14(21)20-13(10-16(3,19)9-7-2)25-11-18(20,15(22)24-5)17(12,4)23/h6,12-13,23H,1,7-11H2,2-5H3/t12?,13?,16-,17?,18+/m0/s1. The van der Waals surface area contributed by atoms with Crippen LogP contribution in [0.3, 0.4) is 0 Å². The number of hydrogen-bond acceptors (Lipinski definition) is 5. The molecule has 2 rings (SSSR count). The van der Waals surface area contributed by atoms with E-state index in [0.29, 0.717) is 12.8 Å². The first-order valence-electron chi connectivity index (χ1n) is 8.64. The van der Waals surface area contributed by atoms with Crippen molar-refractivity contribution in [3.8, 4) is 0 Å². The summed E-state index contributed by atoms with van der Waals surface area (Å²) >= 11 is 2.38. The van der Waals surface area contributed by atoms with Crippen molar-refractivity contribution in [1.29, 1.82) is 0 Å². The molecule has 0 aliphatic carbocycles. The van der Waals surface area contributed by atoms with E-state index in [4.69, 9.17) is 9.47 Å². The predicted molar refractivity (Wildman–Crippen MR) is 102 cm³/mol. The van der Waals surface area contributed by atoms with Gasteiger partial charge < -0.3 is 14.6 Å². The quantitative estimate of drug-likeness (QED) is 0.271. The summed E-state index contributed by atoms with van der Waals surface area (Å²) in [6.45, 7) is 9.36. The van der Waals surface area contributed by atoms with Crippen LogP contribution < -0.4 is 0 Å². The Bertz CT molecular complexity index is 562. The second-order valence-corrected chi connectivity index (χ2v) is 10.0.